The van der Waals surface area contributed by atoms with Gasteiger partial charge in [-0.05, 0) is 37.7 Å². The van der Waals surface area contributed by atoms with E-state index in [0.717, 1.165) is 17.9 Å². The number of rotatable bonds is 2. The van der Waals surface area contributed by atoms with Crippen molar-refractivity contribution in [2.45, 2.75) is 20.3 Å². The summed E-state index contributed by atoms with van der Waals surface area (Å²) in [7, 11) is 0. The lowest BCUT2D eigenvalue weighted by Gasteiger charge is -2.25. The smallest absolute Gasteiger partial charge is 0.309 e. The van der Waals surface area contributed by atoms with E-state index in [1.165, 1.54) is 0 Å². The Morgan fingerprint density at radius 2 is 2.27 bits per heavy atom. The molecular weight excluding hydrogens is 160 g/mol. The highest BCUT2D eigenvalue weighted by atomic mass is 32.2. The first-order valence-corrected chi connectivity index (χ1v) is 5.01. The third-order valence-electron chi connectivity index (χ3n) is 2.50. The van der Waals surface area contributed by atoms with Gasteiger partial charge in [-0.15, -0.1) is 0 Å². The Morgan fingerprint density at radius 1 is 1.64 bits per heavy atom. The highest BCUT2D eigenvalue weighted by Crippen LogP contribution is 2.37. The van der Waals surface area contributed by atoms with E-state index in [2.05, 4.69) is 0 Å². The monoisotopic (exact) mass is 174 g/mol. The van der Waals surface area contributed by atoms with Gasteiger partial charge in [-0.3, -0.25) is 4.79 Å². The molecule has 0 bridgehead atoms. The zero-order valence-electron chi connectivity index (χ0n) is 6.96. The van der Waals surface area contributed by atoms with E-state index in [9.17, 15) is 4.79 Å². The largest absolute Gasteiger partial charge is 0.481 e. The van der Waals surface area contributed by atoms with E-state index >= 15 is 0 Å². The van der Waals surface area contributed by atoms with Gasteiger partial charge >= 0.3 is 5.97 Å². The van der Waals surface area contributed by atoms with Gasteiger partial charge in [0, 0.05) is 0 Å². The molecule has 11 heavy (non-hydrogen) atoms. The first kappa shape index (κ1) is 8.91. The zero-order chi connectivity index (χ0) is 8.48. The Kier molecular flexibility index (Phi) is 2.47. The molecule has 0 spiro atoms. The van der Waals surface area contributed by atoms with Crippen LogP contribution >= 0.6 is 11.8 Å². The molecule has 3 heteroatoms. The Balaban J connectivity index is 2.62. The van der Waals surface area contributed by atoms with Crippen molar-refractivity contribution >= 4 is 17.7 Å². The van der Waals surface area contributed by atoms with Gasteiger partial charge < -0.3 is 5.11 Å². The predicted octanol–water partition coefficient (Wildman–Crippen LogP) is 1.85. The molecule has 0 aromatic carbocycles. The molecule has 1 aliphatic heterocycles. The average Bonchev–Trinajstić information content (AvgIpc) is 2.37. The summed E-state index contributed by atoms with van der Waals surface area (Å²) >= 11 is 1.86. The molecule has 1 N–H and O–H groups in total. The molecule has 0 aromatic heterocycles. The number of hydrogen-bond donors (Lipinski definition) is 1. The van der Waals surface area contributed by atoms with Crippen LogP contribution in [0.5, 0.6) is 0 Å². The highest BCUT2D eigenvalue weighted by Gasteiger charge is 2.38. The van der Waals surface area contributed by atoms with Crippen LogP contribution in [0.4, 0.5) is 0 Å². The first-order chi connectivity index (χ1) is 5.05. The lowest BCUT2D eigenvalue weighted by molar-refractivity contribution is -0.149. The fourth-order valence-corrected chi connectivity index (χ4v) is 2.76. The standard InChI is InChI=1S/C8H14O2S/c1-8(2,7(9)10)6-3-4-11-5-6/h6H,3-5H2,1-2H3,(H,9,10). The van der Waals surface area contributed by atoms with Crippen molar-refractivity contribution in [1.29, 1.82) is 0 Å². The number of carbonyl (C=O) groups is 1. The van der Waals surface area contributed by atoms with Crippen LogP contribution in [0.1, 0.15) is 20.3 Å². The average molecular weight is 174 g/mol. The maximum Gasteiger partial charge on any atom is 0.309 e. The summed E-state index contributed by atoms with van der Waals surface area (Å²) in [4.78, 5) is 10.8. The Hall–Kier alpha value is -0.180. The third-order valence-corrected chi connectivity index (χ3v) is 3.66. The van der Waals surface area contributed by atoms with Crippen LogP contribution in [-0.4, -0.2) is 22.6 Å². The molecule has 1 saturated heterocycles. The second-order valence-electron chi connectivity index (χ2n) is 3.59. The molecule has 1 heterocycles. The molecule has 64 valence electrons. The lowest BCUT2D eigenvalue weighted by atomic mass is 9.79. The van der Waals surface area contributed by atoms with Gasteiger partial charge in [0.05, 0.1) is 5.41 Å². The van der Waals surface area contributed by atoms with Crippen LogP contribution in [0, 0.1) is 11.3 Å². The van der Waals surface area contributed by atoms with Crippen molar-refractivity contribution in [3.63, 3.8) is 0 Å². The summed E-state index contributed by atoms with van der Waals surface area (Å²) < 4.78 is 0. The SMILES string of the molecule is CC(C)(C(=O)O)C1CCSC1. The molecule has 1 aliphatic rings. The van der Waals surface area contributed by atoms with Crippen LogP contribution in [-0.2, 0) is 4.79 Å². The fraction of sp³-hybridized carbons (Fsp3) is 0.875. The van der Waals surface area contributed by atoms with Gasteiger partial charge in [-0.25, -0.2) is 0 Å². The Labute approximate surface area is 71.4 Å². The summed E-state index contributed by atoms with van der Waals surface area (Å²) in [6.45, 7) is 3.65. The molecule has 1 unspecified atom stereocenters. The van der Waals surface area contributed by atoms with Crippen LogP contribution in [0.15, 0.2) is 0 Å². The van der Waals surface area contributed by atoms with Crippen LogP contribution in [0.25, 0.3) is 0 Å². The molecule has 0 saturated carbocycles. The number of carboxylic acid groups (broad SMARTS) is 1. The maximum atomic E-state index is 10.8. The van der Waals surface area contributed by atoms with Crippen LogP contribution in [0.2, 0.25) is 0 Å². The van der Waals surface area contributed by atoms with Crippen LogP contribution in [0.3, 0.4) is 0 Å². The van der Waals surface area contributed by atoms with Gasteiger partial charge in [-0.1, -0.05) is 0 Å². The van der Waals surface area contributed by atoms with E-state index in [1.54, 1.807) is 0 Å². The van der Waals surface area contributed by atoms with E-state index in [1.807, 2.05) is 25.6 Å². The normalized spacial score (nSPS) is 25.5. The molecular formula is C8H14O2S. The lowest BCUT2D eigenvalue weighted by Crippen LogP contribution is -2.32. The summed E-state index contributed by atoms with van der Waals surface area (Å²) in [6, 6.07) is 0. The second-order valence-corrected chi connectivity index (χ2v) is 4.74. The quantitative estimate of drug-likeness (QED) is 0.694. The summed E-state index contributed by atoms with van der Waals surface area (Å²) in [5, 5.41) is 8.89. The number of aliphatic carboxylic acids is 1. The third kappa shape index (κ3) is 1.70. The van der Waals surface area contributed by atoms with Crippen LogP contribution < -0.4 is 0 Å². The zero-order valence-corrected chi connectivity index (χ0v) is 7.78. The van der Waals surface area contributed by atoms with Gasteiger partial charge in [0.2, 0.25) is 0 Å². The predicted molar refractivity (Wildman–Crippen MR) is 46.8 cm³/mol. The maximum absolute atomic E-state index is 10.8. The fourth-order valence-electron chi connectivity index (χ4n) is 1.28. The molecule has 0 aromatic rings. The van der Waals surface area contributed by atoms with Gasteiger partial charge in [0.1, 0.15) is 0 Å². The van der Waals surface area contributed by atoms with E-state index in [4.69, 9.17) is 5.11 Å². The summed E-state index contributed by atoms with van der Waals surface area (Å²) in [5.74, 6) is 1.84. The summed E-state index contributed by atoms with van der Waals surface area (Å²) in [5.41, 5.74) is -0.524. The Bertz CT molecular complexity index is 159. The Morgan fingerprint density at radius 3 is 2.64 bits per heavy atom. The van der Waals surface area contributed by atoms with Crippen molar-refractivity contribution in [2.24, 2.45) is 11.3 Å². The van der Waals surface area contributed by atoms with Crippen molar-refractivity contribution in [3.8, 4) is 0 Å². The highest BCUT2D eigenvalue weighted by molar-refractivity contribution is 7.99. The molecule has 1 atom stereocenters. The number of thioether (sulfide) groups is 1. The minimum absolute atomic E-state index is 0.366. The minimum atomic E-state index is -0.662. The minimum Gasteiger partial charge on any atom is -0.481 e. The first-order valence-electron chi connectivity index (χ1n) is 3.86. The van der Waals surface area contributed by atoms with Crippen molar-refractivity contribution in [3.05, 3.63) is 0 Å². The summed E-state index contributed by atoms with van der Waals surface area (Å²) in [6.07, 6.45) is 1.06. The van der Waals surface area contributed by atoms with E-state index < -0.39 is 11.4 Å². The van der Waals surface area contributed by atoms with Gasteiger partial charge in [-0.2, -0.15) is 11.8 Å². The number of carboxylic acids is 1. The van der Waals surface area contributed by atoms with E-state index in [0.29, 0.717) is 5.92 Å². The second kappa shape index (κ2) is 3.05. The van der Waals surface area contributed by atoms with Crippen molar-refractivity contribution < 1.29 is 9.90 Å². The van der Waals surface area contributed by atoms with Gasteiger partial charge in [0.25, 0.3) is 0 Å². The molecule has 2 nitrogen and oxygen atoms in total. The molecule has 0 radical (unpaired) electrons. The molecule has 0 aliphatic carbocycles. The topological polar surface area (TPSA) is 37.3 Å². The van der Waals surface area contributed by atoms with Crippen molar-refractivity contribution in [1.82, 2.24) is 0 Å². The van der Waals surface area contributed by atoms with Crippen molar-refractivity contribution in [2.75, 3.05) is 11.5 Å². The van der Waals surface area contributed by atoms with E-state index in [-0.39, 0.29) is 0 Å². The molecule has 1 rings (SSSR count). The number of hydrogen-bond acceptors (Lipinski definition) is 2. The molecule has 1 fully saturated rings. The van der Waals surface area contributed by atoms with Gasteiger partial charge in [0.15, 0.2) is 0 Å². The molecule has 0 amide bonds.